The summed E-state index contributed by atoms with van der Waals surface area (Å²) in [5, 5.41) is 6.93. The van der Waals surface area contributed by atoms with Gasteiger partial charge < -0.3 is 0 Å². The summed E-state index contributed by atoms with van der Waals surface area (Å²) in [6.07, 6.45) is 17.4. The molecule has 1 aliphatic rings. The maximum Gasteiger partial charge on any atom is 0.239 e. The molecule has 8 heteroatoms. The van der Waals surface area contributed by atoms with Crippen molar-refractivity contribution in [2.75, 3.05) is 0 Å². The molecule has 0 spiro atoms. The minimum absolute atomic E-state index is 0.148. The molecule has 51 heavy (non-hydrogen) atoms. The van der Waals surface area contributed by atoms with Crippen LogP contribution in [0.3, 0.4) is 0 Å². The predicted molar refractivity (Wildman–Crippen MR) is 208 cm³/mol. The van der Waals surface area contributed by atoms with Gasteiger partial charge in [0.25, 0.3) is 0 Å². The number of rotatable bonds is 6. The van der Waals surface area contributed by atoms with E-state index in [9.17, 15) is 0 Å². The Labute approximate surface area is 295 Å². The Kier molecular flexibility index (Phi) is 6.82. The fourth-order valence-corrected chi connectivity index (χ4v) is 13.0. The van der Waals surface area contributed by atoms with Crippen LogP contribution in [0.1, 0.15) is 6.42 Å². The fourth-order valence-electron chi connectivity index (χ4n) is 8.12. The van der Waals surface area contributed by atoms with E-state index in [1.807, 2.05) is 24.8 Å². The number of pyridine rings is 2. The average molecular weight is 674 g/mol. The van der Waals surface area contributed by atoms with Crippen LogP contribution in [0.5, 0.6) is 0 Å². The molecule has 10 rings (SSSR count). The van der Waals surface area contributed by atoms with Crippen molar-refractivity contribution in [2.45, 2.75) is 12.0 Å². The Bertz CT molecular complexity index is 2520. The summed E-state index contributed by atoms with van der Waals surface area (Å²) in [7, 11) is -3.04. The maximum atomic E-state index is 5.63. The van der Waals surface area contributed by atoms with Crippen molar-refractivity contribution < 1.29 is 0 Å². The van der Waals surface area contributed by atoms with E-state index in [-0.39, 0.29) is 5.54 Å². The van der Waals surface area contributed by atoms with Crippen LogP contribution >= 0.6 is 0 Å². The lowest BCUT2D eigenvalue weighted by molar-refractivity contribution is 0.895. The molecule has 4 aromatic carbocycles. The molecular formula is C43H31N7Si. The summed E-state index contributed by atoms with van der Waals surface area (Å²) in [4.78, 5) is 25.8. The quantitative estimate of drug-likeness (QED) is 0.175. The molecule has 1 atom stereocenters. The third-order valence-electron chi connectivity index (χ3n) is 10.3. The third kappa shape index (κ3) is 4.46. The predicted octanol–water partition coefficient (Wildman–Crippen LogP) is 7.21. The number of allylic oxidation sites excluding steroid dienone is 4. The summed E-state index contributed by atoms with van der Waals surface area (Å²) in [6.45, 7) is 0. The van der Waals surface area contributed by atoms with Gasteiger partial charge in [0.2, 0.25) is 20.0 Å². The van der Waals surface area contributed by atoms with Gasteiger partial charge in [-0.25, -0.2) is 9.97 Å². The molecule has 0 radical (unpaired) electrons. The summed E-state index contributed by atoms with van der Waals surface area (Å²) < 4.78 is 4.31. The van der Waals surface area contributed by atoms with Gasteiger partial charge in [-0.2, -0.15) is 4.98 Å². The number of para-hydroxylation sites is 2. The molecule has 0 aliphatic heterocycles. The molecule has 0 N–H and O–H groups in total. The standard InChI is InChI=1S/C43H31N7Si/c1-4-14-30(15-5-1)51(31-16-6-2-7-17-31,32-18-8-3-9-19-32)43-47-41(49-37-22-12-10-20-33(37)35-24-26-44-28-39(35)49)46-42(48-43)50-38-23-13-11-21-34(38)36-25-27-45-29-40(36)50/h1-18,20-29,32H,19H2. The second-order valence-corrected chi connectivity index (χ2v) is 16.9. The molecule has 1 aliphatic carbocycles. The van der Waals surface area contributed by atoms with Gasteiger partial charge in [-0.1, -0.05) is 121 Å². The lowest BCUT2D eigenvalue weighted by atomic mass is 10.2. The number of hydrogen-bond donors (Lipinski definition) is 0. The zero-order valence-electron chi connectivity index (χ0n) is 27.6. The first kappa shape index (κ1) is 29.4. The van der Waals surface area contributed by atoms with Crippen molar-refractivity contribution in [3.05, 3.63) is 170 Å². The average Bonchev–Trinajstić information content (AvgIpc) is 3.73. The highest BCUT2D eigenvalue weighted by molar-refractivity contribution is 7.12. The van der Waals surface area contributed by atoms with Crippen LogP contribution in [0.2, 0.25) is 5.54 Å². The Hall–Kier alpha value is -6.51. The molecule has 0 bridgehead atoms. The zero-order valence-corrected chi connectivity index (χ0v) is 28.6. The molecule has 0 fully saturated rings. The van der Waals surface area contributed by atoms with Crippen LogP contribution in [0.15, 0.2) is 170 Å². The van der Waals surface area contributed by atoms with Gasteiger partial charge in [-0.15, -0.1) is 0 Å². The van der Waals surface area contributed by atoms with Gasteiger partial charge >= 0.3 is 0 Å². The molecule has 9 aromatic rings. The number of benzene rings is 4. The SMILES string of the molecule is C1=CCC([Si](c2ccccc2)(c2ccccc2)c2nc(-n3c4ccccc4c4ccncc43)nc(-n3c4ccccc4c4ccncc43)n2)C=C1. The zero-order chi connectivity index (χ0) is 33.8. The van der Waals surface area contributed by atoms with E-state index in [1.54, 1.807) is 0 Å². The Morgan fingerprint density at radius 2 is 0.980 bits per heavy atom. The first-order chi connectivity index (χ1) is 25.3. The summed E-state index contributed by atoms with van der Waals surface area (Å²) >= 11 is 0. The molecule has 1 unspecified atom stereocenters. The Morgan fingerprint density at radius 1 is 0.490 bits per heavy atom. The smallest absolute Gasteiger partial charge is 0.239 e. The van der Waals surface area contributed by atoms with Crippen LogP contribution in [-0.2, 0) is 0 Å². The molecule has 7 nitrogen and oxygen atoms in total. The van der Waals surface area contributed by atoms with E-state index in [1.165, 1.54) is 10.4 Å². The second-order valence-electron chi connectivity index (χ2n) is 12.9. The highest BCUT2D eigenvalue weighted by Crippen LogP contribution is 2.34. The second kappa shape index (κ2) is 11.8. The van der Waals surface area contributed by atoms with Gasteiger partial charge in [0.15, 0.2) is 0 Å². The van der Waals surface area contributed by atoms with Crippen LogP contribution in [0.25, 0.3) is 55.5 Å². The number of nitrogens with zero attached hydrogens (tertiary/aromatic N) is 7. The first-order valence-electron chi connectivity index (χ1n) is 17.2. The van der Waals surface area contributed by atoms with E-state index in [0.29, 0.717) is 11.9 Å². The Balaban J connectivity index is 1.39. The largest absolute Gasteiger partial charge is 0.276 e. The van der Waals surface area contributed by atoms with E-state index < -0.39 is 8.07 Å². The number of fused-ring (bicyclic) bond motifs is 6. The Morgan fingerprint density at radius 3 is 1.49 bits per heavy atom. The summed E-state index contributed by atoms with van der Waals surface area (Å²) in [5.74, 6) is 1.12. The van der Waals surface area contributed by atoms with E-state index >= 15 is 0 Å². The highest BCUT2D eigenvalue weighted by Gasteiger charge is 2.49. The minimum Gasteiger partial charge on any atom is -0.276 e. The van der Waals surface area contributed by atoms with E-state index in [4.69, 9.17) is 15.0 Å². The van der Waals surface area contributed by atoms with Crippen LogP contribution < -0.4 is 15.8 Å². The molecule has 0 saturated carbocycles. The van der Waals surface area contributed by atoms with Crippen molar-refractivity contribution in [1.29, 1.82) is 0 Å². The number of aromatic nitrogens is 7. The van der Waals surface area contributed by atoms with Crippen LogP contribution in [0, 0.1) is 0 Å². The normalized spacial score (nSPS) is 14.6. The maximum absolute atomic E-state index is 5.63. The molecule has 5 aromatic heterocycles. The van der Waals surface area contributed by atoms with E-state index in [0.717, 1.165) is 55.5 Å². The monoisotopic (exact) mass is 673 g/mol. The topological polar surface area (TPSA) is 74.3 Å². The van der Waals surface area contributed by atoms with Gasteiger partial charge in [0.05, 0.1) is 34.5 Å². The molecule has 242 valence electrons. The van der Waals surface area contributed by atoms with Gasteiger partial charge in [0, 0.05) is 33.9 Å². The van der Waals surface area contributed by atoms with Crippen molar-refractivity contribution >= 4 is 67.5 Å². The lowest BCUT2D eigenvalue weighted by Gasteiger charge is -2.37. The molecule has 0 saturated heterocycles. The third-order valence-corrected chi connectivity index (χ3v) is 15.3. The molecular weight excluding hydrogens is 643 g/mol. The van der Waals surface area contributed by atoms with E-state index in [2.05, 4.69) is 165 Å². The first-order valence-corrected chi connectivity index (χ1v) is 19.3. The number of hydrogen-bond acceptors (Lipinski definition) is 5. The summed E-state index contributed by atoms with van der Waals surface area (Å²) in [5.41, 5.74) is 4.86. The molecule has 0 amide bonds. The van der Waals surface area contributed by atoms with Gasteiger partial charge in [-0.3, -0.25) is 19.1 Å². The van der Waals surface area contributed by atoms with Crippen molar-refractivity contribution in [2.24, 2.45) is 0 Å². The minimum atomic E-state index is -3.04. The van der Waals surface area contributed by atoms with Crippen LogP contribution in [-0.4, -0.2) is 42.1 Å². The highest BCUT2D eigenvalue weighted by atomic mass is 28.3. The summed E-state index contributed by atoms with van der Waals surface area (Å²) in [6, 6.07) is 42.8. The van der Waals surface area contributed by atoms with Crippen LogP contribution in [0.4, 0.5) is 0 Å². The lowest BCUT2D eigenvalue weighted by Crippen LogP contribution is -2.71. The van der Waals surface area contributed by atoms with Crippen molar-refractivity contribution in [3.8, 4) is 11.9 Å². The fraction of sp³-hybridized carbons (Fsp3) is 0.0465. The van der Waals surface area contributed by atoms with Gasteiger partial charge in [-0.05, 0) is 46.6 Å². The van der Waals surface area contributed by atoms with Crippen molar-refractivity contribution in [3.63, 3.8) is 0 Å². The van der Waals surface area contributed by atoms with Gasteiger partial charge in [0.1, 0.15) is 5.45 Å². The molecule has 5 heterocycles. The van der Waals surface area contributed by atoms with Crippen molar-refractivity contribution in [1.82, 2.24) is 34.1 Å².